The lowest BCUT2D eigenvalue weighted by molar-refractivity contribution is 0.283. The molecule has 0 atom stereocenters. The van der Waals surface area contributed by atoms with E-state index in [1.807, 2.05) is 0 Å². The lowest BCUT2D eigenvalue weighted by Crippen LogP contribution is -1.88. The molecule has 84 valence electrons. The summed E-state index contributed by atoms with van der Waals surface area (Å²) in [6.07, 6.45) is 4.32. The molecule has 16 heavy (non-hydrogen) atoms. The van der Waals surface area contributed by atoms with Gasteiger partial charge in [-0.05, 0) is 35.6 Å². The highest BCUT2D eigenvalue weighted by Gasteiger charge is 1.96. The summed E-state index contributed by atoms with van der Waals surface area (Å²) in [5.74, 6) is 0. The van der Waals surface area contributed by atoms with Gasteiger partial charge in [0.15, 0.2) is 0 Å². The van der Waals surface area contributed by atoms with Crippen LogP contribution in [0.4, 0.5) is 0 Å². The zero-order chi connectivity index (χ0) is 11.2. The Morgan fingerprint density at radius 3 is 2.44 bits per heavy atom. The van der Waals surface area contributed by atoms with Crippen LogP contribution in [-0.4, -0.2) is 11.7 Å². The maximum Gasteiger partial charge on any atom is 0.0431 e. The first kappa shape index (κ1) is 11.2. The second kappa shape index (κ2) is 5.66. The predicted molar refractivity (Wildman–Crippen MR) is 68.6 cm³/mol. The van der Waals surface area contributed by atoms with Crippen molar-refractivity contribution in [1.29, 1.82) is 0 Å². The molecular weight excluding hydrogens is 196 g/mol. The maximum atomic E-state index is 8.70. The summed E-state index contributed by atoms with van der Waals surface area (Å²) < 4.78 is 0. The highest BCUT2D eigenvalue weighted by molar-refractivity contribution is 5.82. The van der Waals surface area contributed by atoms with E-state index in [9.17, 15) is 0 Å². The molecule has 2 aromatic rings. The molecule has 1 nitrogen and oxygen atoms in total. The van der Waals surface area contributed by atoms with Crippen molar-refractivity contribution in [2.45, 2.75) is 25.7 Å². The van der Waals surface area contributed by atoms with Crippen LogP contribution in [-0.2, 0) is 6.42 Å². The van der Waals surface area contributed by atoms with Crippen molar-refractivity contribution in [2.75, 3.05) is 6.61 Å². The van der Waals surface area contributed by atoms with Gasteiger partial charge in [-0.1, -0.05) is 48.9 Å². The highest BCUT2D eigenvalue weighted by Crippen LogP contribution is 2.17. The van der Waals surface area contributed by atoms with E-state index in [4.69, 9.17) is 5.11 Å². The van der Waals surface area contributed by atoms with Crippen LogP contribution < -0.4 is 0 Å². The number of rotatable bonds is 5. The van der Waals surface area contributed by atoms with Crippen molar-refractivity contribution >= 4 is 10.8 Å². The molecule has 0 aliphatic rings. The van der Waals surface area contributed by atoms with Crippen LogP contribution in [0, 0.1) is 0 Å². The van der Waals surface area contributed by atoms with Crippen LogP contribution >= 0.6 is 0 Å². The zero-order valence-electron chi connectivity index (χ0n) is 9.52. The smallest absolute Gasteiger partial charge is 0.0431 e. The van der Waals surface area contributed by atoms with Gasteiger partial charge in [-0.15, -0.1) is 0 Å². The summed E-state index contributed by atoms with van der Waals surface area (Å²) in [4.78, 5) is 0. The molecule has 1 N–H and O–H groups in total. The fraction of sp³-hybridized carbons (Fsp3) is 0.333. The van der Waals surface area contributed by atoms with E-state index < -0.39 is 0 Å². The third-order valence-corrected chi connectivity index (χ3v) is 2.94. The third-order valence-electron chi connectivity index (χ3n) is 2.94. The Labute approximate surface area is 96.7 Å². The van der Waals surface area contributed by atoms with E-state index in [1.54, 1.807) is 0 Å². The van der Waals surface area contributed by atoms with Crippen molar-refractivity contribution in [3.8, 4) is 0 Å². The van der Waals surface area contributed by atoms with Gasteiger partial charge in [-0.25, -0.2) is 0 Å². The molecule has 0 aliphatic carbocycles. The average molecular weight is 214 g/mol. The van der Waals surface area contributed by atoms with Crippen LogP contribution in [0.15, 0.2) is 42.5 Å². The standard InChI is InChI=1S/C15H18O/c16-11-5-1-2-6-13-9-10-14-7-3-4-8-15(14)12-13/h3-4,7-10,12,16H,1-2,5-6,11H2. The van der Waals surface area contributed by atoms with Gasteiger partial charge in [-0.3, -0.25) is 0 Å². The number of aliphatic hydroxyl groups excluding tert-OH is 1. The van der Waals surface area contributed by atoms with Crippen molar-refractivity contribution in [2.24, 2.45) is 0 Å². The average Bonchev–Trinajstić information content (AvgIpc) is 2.34. The number of unbranched alkanes of at least 4 members (excludes halogenated alkanes) is 2. The van der Waals surface area contributed by atoms with Gasteiger partial charge in [0.2, 0.25) is 0 Å². The topological polar surface area (TPSA) is 20.2 Å². The van der Waals surface area contributed by atoms with Gasteiger partial charge in [-0.2, -0.15) is 0 Å². The molecule has 0 unspecified atom stereocenters. The summed E-state index contributed by atoms with van der Waals surface area (Å²) >= 11 is 0. The van der Waals surface area contributed by atoms with Crippen molar-refractivity contribution in [1.82, 2.24) is 0 Å². The third kappa shape index (κ3) is 2.83. The Hall–Kier alpha value is -1.34. The van der Waals surface area contributed by atoms with Gasteiger partial charge in [0.05, 0.1) is 0 Å². The Morgan fingerprint density at radius 2 is 1.62 bits per heavy atom. The Morgan fingerprint density at radius 1 is 0.812 bits per heavy atom. The monoisotopic (exact) mass is 214 g/mol. The minimum Gasteiger partial charge on any atom is -0.396 e. The molecule has 0 saturated carbocycles. The van der Waals surface area contributed by atoms with Gasteiger partial charge >= 0.3 is 0 Å². The quantitative estimate of drug-likeness (QED) is 0.755. The van der Waals surface area contributed by atoms with Crippen LogP contribution in [0.5, 0.6) is 0 Å². The minimum atomic E-state index is 0.317. The minimum absolute atomic E-state index is 0.317. The molecule has 2 aromatic carbocycles. The Bertz CT molecular complexity index is 448. The molecule has 0 amide bonds. The zero-order valence-corrected chi connectivity index (χ0v) is 9.52. The lowest BCUT2D eigenvalue weighted by atomic mass is 10.0. The fourth-order valence-electron chi connectivity index (χ4n) is 2.01. The first-order valence-corrected chi connectivity index (χ1v) is 5.99. The number of hydrogen-bond acceptors (Lipinski definition) is 1. The second-order valence-electron chi connectivity index (χ2n) is 4.22. The molecule has 0 aromatic heterocycles. The van der Waals surface area contributed by atoms with E-state index in [-0.39, 0.29) is 0 Å². The molecule has 1 heteroatoms. The lowest BCUT2D eigenvalue weighted by Gasteiger charge is -2.03. The molecule has 0 heterocycles. The van der Waals surface area contributed by atoms with Crippen LogP contribution in [0.1, 0.15) is 24.8 Å². The molecule has 2 rings (SSSR count). The number of hydrogen-bond donors (Lipinski definition) is 1. The molecule has 0 spiro atoms. The summed E-state index contributed by atoms with van der Waals surface area (Å²) in [5, 5.41) is 11.3. The van der Waals surface area contributed by atoms with Crippen molar-refractivity contribution in [3.63, 3.8) is 0 Å². The van der Waals surface area contributed by atoms with E-state index in [2.05, 4.69) is 42.5 Å². The van der Waals surface area contributed by atoms with Crippen molar-refractivity contribution in [3.05, 3.63) is 48.0 Å². The first-order chi connectivity index (χ1) is 7.90. The number of aliphatic hydroxyl groups is 1. The van der Waals surface area contributed by atoms with Crippen LogP contribution in [0.3, 0.4) is 0 Å². The molecule has 0 aliphatic heterocycles. The van der Waals surface area contributed by atoms with Gasteiger partial charge in [0, 0.05) is 6.61 Å². The number of aryl methyl sites for hydroxylation is 1. The molecule has 0 bridgehead atoms. The van der Waals surface area contributed by atoms with Crippen LogP contribution in [0.25, 0.3) is 10.8 Å². The van der Waals surface area contributed by atoms with Crippen molar-refractivity contribution < 1.29 is 5.11 Å². The molecule has 0 fully saturated rings. The van der Waals surface area contributed by atoms with E-state index in [1.165, 1.54) is 22.8 Å². The maximum absolute atomic E-state index is 8.70. The Kier molecular flexibility index (Phi) is 3.95. The number of benzene rings is 2. The van der Waals surface area contributed by atoms with Crippen LogP contribution in [0.2, 0.25) is 0 Å². The van der Waals surface area contributed by atoms with E-state index in [0.29, 0.717) is 6.61 Å². The summed E-state index contributed by atoms with van der Waals surface area (Å²) in [6.45, 7) is 0.317. The normalized spacial score (nSPS) is 10.8. The molecule has 0 saturated heterocycles. The summed E-state index contributed by atoms with van der Waals surface area (Å²) in [6, 6.07) is 15.1. The predicted octanol–water partition coefficient (Wildman–Crippen LogP) is 3.54. The fourth-order valence-corrected chi connectivity index (χ4v) is 2.01. The largest absolute Gasteiger partial charge is 0.396 e. The molecular formula is C15H18O. The highest BCUT2D eigenvalue weighted by atomic mass is 16.2. The summed E-state index contributed by atoms with van der Waals surface area (Å²) in [7, 11) is 0. The summed E-state index contributed by atoms with van der Waals surface area (Å²) in [5.41, 5.74) is 1.40. The van der Waals surface area contributed by atoms with E-state index >= 15 is 0 Å². The number of fused-ring (bicyclic) bond motifs is 1. The SMILES string of the molecule is OCCCCCc1ccc2ccccc2c1. The first-order valence-electron chi connectivity index (χ1n) is 5.99. The van der Waals surface area contributed by atoms with Gasteiger partial charge < -0.3 is 5.11 Å². The second-order valence-corrected chi connectivity index (χ2v) is 4.22. The van der Waals surface area contributed by atoms with E-state index in [0.717, 1.165) is 19.3 Å². The van der Waals surface area contributed by atoms with Gasteiger partial charge in [0.25, 0.3) is 0 Å². The molecule has 0 radical (unpaired) electrons. The van der Waals surface area contributed by atoms with Gasteiger partial charge in [0.1, 0.15) is 0 Å². The Balaban J connectivity index is 2.02.